The van der Waals surface area contributed by atoms with Gasteiger partial charge in [-0.25, -0.2) is 0 Å². The first-order valence-corrected chi connectivity index (χ1v) is 4.20. The highest BCUT2D eigenvalue weighted by Gasteiger charge is 2.08. The third kappa shape index (κ3) is 2.19. The van der Waals surface area contributed by atoms with E-state index < -0.39 is 0 Å². The minimum absolute atomic E-state index is 0.809. The molecule has 1 rings (SSSR count). The lowest BCUT2D eigenvalue weighted by molar-refractivity contribution is 1.07. The normalized spacial score (nSPS) is 24.1. The summed E-state index contributed by atoms with van der Waals surface area (Å²) in [6.07, 6.45) is 2.98. The molecule has 0 spiro atoms. The van der Waals surface area contributed by atoms with E-state index in [0.717, 1.165) is 24.6 Å². The second kappa shape index (κ2) is 4.04. The van der Waals surface area contributed by atoms with Gasteiger partial charge in [-0.3, -0.25) is 9.98 Å². The summed E-state index contributed by atoms with van der Waals surface area (Å²) >= 11 is 0. The molecule has 0 aromatic carbocycles. The number of rotatable bonds is 1. The quantitative estimate of drug-likeness (QED) is 0.626. The molecule has 0 bridgehead atoms. The zero-order valence-electron chi connectivity index (χ0n) is 7.89. The molecule has 0 aliphatic carbocycles. The van der Waals surface area contributed by atoms with Crippen LogP contribution in [0.15, 0.2) is 21.6 Å². The van der Waals surface area contributed by atoms with E-state index in [9.17, 15) is 0 Å². The predicted molar refractivity (Wildman–Crippen MR) is 52.8 cm³/mol. The van der Waals surface area contributed by atoms with Gasteiger partial charge in [-0.05, 0) is 19.9 Å². The fourth-order valence-corrected chi connectivity index (χ4v) is 1.17. The lowest BCUT2D eigenvalue weighted by atomic mass is 10.1. The standard InChI is InChI=1S/C9H15N3/c1-4-11-9-6-7(2)5-8(10-3)12-9/h6H,4-5H2,1-3H3,(H,10,11,12). The van der Waals surface area contributed by atoms with Gasteiger partial charge in [0, 0.05) is 20.0 Å². The van der Waals surface area contributed by atoms with Gasteiger partial charge in [0.2, 0.25) is 0 Å². The van der Waals surface area contributed by atoms with Crippen LogP contribution in [0.2, 0.25) is 0 Å². The van der Waals surface area contributed by atoms with Gasteiger partial charge in [0.15, 0.2) is 0 Å². The molecule has 0 saturated carbocycles. The lowest BCUT2D eigenvalue weighted by Crippen LogP contribution is -2.33. The SMILES string of the molecule is CCN=C1C=C(C)CC(=NC)N1. The molecule has 3 nitrogen and oxygen atoms in total. The number of hydrogen-bond acceptors (Lipinski definition) is 2. The van der Waals surface area contributed by atoms with E-state index in [1.807, 2.05) is 6.92 Å². The zero-order chi connectivity index (χ0) is 8.97. The molecular weight excluding hydrogens is 150 g/mol. The molecule has 0 unspecified atom stereocenters. The Bertz CT molecular complexity index is 248. The zero-order valence-corrected chi connectivity index (χ0v) is 7.89. The number of aliphatic imine (C=N–C) groups is 2. The molecule has 12 heavy (non-hydrogen) atoms. The van der Waals surface area contributed by atoms with Crippen molar-refractivity contribution in [2.24, 2.45) is 9.98 Å². The lowest BCUT2D eigenvalue weighted by Gasteiger charge is -2.15. The first-order valence-electron chi connectivity index (χ1n) is 4.20. The number of nitrogens with one attached hydrogen (secondary N) is 1. The molecule has 0 fully saturated rings. The monoisotopic (exact) mass is 165 g/mol. The summed E-state index contributed by atoms with van der Waals surface area (Å²) in [5.74, 6) is 1.93. The van der Waals surface area contributed by atoms with Crippen LogP contribution in [0.1, 0.15) is 20.3 Å². The van der Waals surface area contributed by atoms with Crippen molar-refractivity contribution < 1.29 is 0 Å². The Kier molecular flexibility index (Phi) is 3.02. The Morgan fingerprint density at radius 1 is 1.58 bits per heavy atom. The van der Waals surface area contributed by atoms with Gasteiger partial charge in [-0.2, -0.15) is 0 Å². The molecule has 3 heteroatoms. The van der Waals surface area contributed by atoms with Crippen molar-refractivity contribution in [1.29, 1.82) is 0 Å². The topological polar surface area (TPSA) is 36.8 Å². The highest BCUT2D eigenvalue weighted by Crippen LogP contribution is 2.05. The molecule has 66 valence electrons. The van der Waals surface area contributed by atoms with Gasteiger partial charge in [-0.15, -0.1) is 0 Å². The van der Waals surface area contributed by atoms with Crippen LogP contribution in [-0.2, 0) is 0 Å². The molecule has 0 atom stereocenters. The minimum atomic E-state index is 0.809. The van der Waals surface area contributed by atoms with Gasteiger partial charge in [0.05, 0.1) is 0 Å². The number of hydrogen-bond donors (Lipinski definition) is 1. The van der Waals surface area contributed by atoms with Crippen LogP contribution >= 0.6 is 0 Å². The summed E-state index contributed by atoms with van der Waals surface area (Å²) < 4.78 is 0. The van der Waals surface area contributed by atoms with Gasteiger partial charge in [-0.1, -0.05) is 5.57 Å². The van der Waals surface area contributed by atoms with Crippen molar-refractivity contribution in [1.82, 2.24) is 5.32 Å². The summed E-state index contributed by atoms with van der Waals surface area (Å²) in [7, 11) is 1.80. The summed E-state index contributed by atoms with van der Waals surface area (Å²) in [6, 6.07) is 0. The Morgan fingerprint density at radius 2 is 2.33 bits per heavy atom. The van der Waals surface area contributed by atoms with Crippen molar-refractivity contribution >= 4 is 11.7 Å². The van der Waals surface area contributed by atoms with Crippen molar-refractivity contribution in [3.63, 3.8) is 0 Å². The molecule has 0 aromatic rings. The van der Waals surface area contributed by atoms with E-state index in [4.69, 9.17) is 0 Å². The highest BCUT2D eigenvalue weighted by atomic mass is 15.1. The average Bonchev–Trinajstić information content (AvgIpc) is 2.04. The van der Waals surface area contributed by atoms with Crippen molar-refractivity contribution in [2.45, 2.75) is 20.3 Å². The van der Waals surface area contributed by atoms with Crippen LogP contribution in [0.5, 0.6) is 0 Å². The Morgan fingerprint density at radius 3 is 2.92 bits per heavy atom. The number of nitrogens with zero attached hydrogens (tertiary/aromatic N) is 2. The minimum Gasteiger partial charge on any atom is -0.329 e. The second-order valence-corrected chi connectivity index (χ2v) is 2.82. The first kappa shape index (κ1) is 8.97. The van der Waals surface area contributed by atoms with Gasteiger partial charge in [0.1, 0.15) is 11.7 Å². The van der Waals surface area contributed by atoms with E-state index in [2.05, 4.69) is 28.3 Å². The molecule has 1 aliphatic rings. The van der Waals surface area contributed by atoms with Gasteiger partial charge >= 0.3 is 0 Å². The molecule has 0 saturated heterocycles. The van der Waals surface area contributed by atoms with E-state index in [-0.39, 0.29) is 0 Å². The van der Waals surface area contributed by atoms with Crippen molar-refractivity contribution in [3.8, 4) is 0 Å². The van der Waals surface area contributed by atoms with Crippen molar-refractivity contribution in [2.75, 3.05) is 13.6 Å². The summed E-state index contributed by atoms with van der Waals surface area (Å²) in [5, 5.41) is 3.16. The van der Waals surface area contributed by atoms with Crippen LogP contribution < -0.4 is 5.32 Å². The summed E-state index contributed by atoms with van der Waals surface area (Å²) in [4.78, 5) is 8.39. The maximum atomic E-state index is 4.28. The van der Waals surface area contributed by atoms with Crippen LogP contribution in [-0.4, -0.2) is 25.3 Å². The first-order chi connectivity index (χ1) is 5.76. The van der Waals surface area contributed by atoms with Crippen LogP contribution in [0.4, 0.5) is 0 Å². The molecule has 1 N–H and O–H groups in total. The number of amidine groups is 2. The second-order valence-electron chi connectivity index (χ2n) is 2.82. The molecule has 0 aromatic heterocycles. The third-order valence-electron chi connectivity index (χ3n) is 1.70. The van der Waals surface area contributed by atoms with Gasteiger partial charge in [0.25, 0.3) is 0 Å². The van der Waals surface area contributed by atoms with E-state index in [1.165, 1.54) is 5.57 Å². The van der Waals surface area contributed by atoms with E-state index in [0.29, 0.717) is 0 Å². The van der Waals surface area contributed by atoms with E-state index >= 15 is 0 Å². The summed E-state index contributed by atoms with van der Waals surface area (Å²) in [6.45, 7) is 4.93. The van der Waals surface area contributed by atoms with E-state index in [1.54, 1.807) is 7.05 Å². The molecule has 1 heterocycles. The Balaban J connectivity index is 2.81. The Labute approximate surface area is 73.3 Å². The molecule has 1 aliphatic heterocycles. The van der Waals surface area contributed by atoms with Crippen LogP contribution in [0.3, 0.4) is 0 Å². The van der Waals surface area contributed by atoms with Crippen LogP contribution in [0.25, 0.3) is 0 Å². The third-order valence-corrected chi connectivity index (χ3v) is 1.70. The fraction of sp³-hybridized carbons (Fsp3) is 0.556. The summed E-state index contributed by atoms with van der Waals surface area (Å²) in [5.41, 5.74) is 1.31. The maximum Gasteiger partial charge on any atom is 0.126 e. The Hall–Kier alpha value is -1.12. The molecular formula is C9H15N3. The van der Waals surface area contributed by atoms with Crippen LogP contribution in [0, 0.1) is 0 Å². The average molecular weight is 165 g/mol. The van der Waals surface area contributed by atoms with Crippen molar-refractivity contribution in [3.05, 3.63) is 11.6 Å². The largest absolute Gasteiger partial charge is 0.329 e. The molecule has 0 amide bonds. The van der Waals surface area contributed by atoms with Gasteiger partial charge < -0.3 is 5.32 Å². The maximum absolute atomic E-state index is 4.28. The highest BCUT2D eigenvalue weighted by molar-refractivity contribution is 6.09. The smallest absolute Gasteiger partial charge is 0.126 e. The predicted octanol–water partition coefficient (Wildman–Crippen LogP) is 1.37. The molecule has 0 radical (unpaired) electrons. The fourth-order valence-electron chi connectivity index (χ4n) is 1.17.